The molecule has 0 bridgehead atoms. The van der Waals surface area contributed by atoms with Gasteiger partial charge in [-0.1, -0.05) is 26.0 Å². The van der Waals surface area contributed by atoms with Gasteiger partial charge in [0.2, 0.25) is 11.9 Å². The summed E-state index contributed by atoms with van der Waals surface area (Å²) in [5.41, 5.74) is 2.35. The molecule has 7 rings (SSSR count). The molecule has 6 nitrogen and oxygen atoms in total. The number of piperidine rings is 1. The number of fused-ring (bicyclic) bond motifs is 1. The number of hydrogen-bond donors (Lipinski definition) is 1. The first-order valence-corrected chi connectivity index (χ1v) is 19.2. The molecule has 0 spiro atoms. The van der Waals surface area contributed by atoms with Gasteiger partial charge in [0, 0.05) is 73.3 Å². The number of hydrogen-bond acceptors (Lipinski definition) is 7. The lowest BCUT2D eigenvalue weighted by molar-refractivity contribution is -0.137. The van der Waals surface area contributed by atoms with Crippen LogP contribution in [-0.4, -0.2) is 63.7 Å². The molecule has 1 aromatic carbocycles. The van der Waals surface area contributed by atoms with Gasteiger partial charge in [0.15, 0.2) is 6.17 Å². The van der Waals surface area contributed by atoms with Crippen molar-refractivity contribution in [3.05, 3.63) is 75.9 Å². The maximum atomic E-state index is 17.3. The first-order valence-electron chi connectivity index (χ1n) is 18.0. The molecule has 2 atom stereocenters. The average Bonchev–Trinajstić information content (AvgIpc) is 3.10. The van der Waals surface area contributed by atoms with Gasteiger partial charge in [-0.05, 0) is 73.1 Å². The van der Waals surface area contributed by atoms with Crippen molar-refractivity contribution in [2.24, 2.45) is 5.41 Å². The van der Waals surface area contributed by atoms with Crippen LogP contribution in [0.5, 0.6) is 0 Å². The van der Waals surface area contributed by atoms with Gasteiger partial charge in [-0.3, -0.25) is 4.98 Å². The van der Waals surface area contributed by atoms with Crippen molar-refractivity contribution in [2.45, 2.75) is 101 Å². The van der Waals surface area contributed by atoms with Crippen molar-refractivity contribution in [1.29, 1.82) is 0 Å². The molecular weight excluding hydrogens is 689 g/mol. The molecule has 0 amide bonds. The number of rotatable bonds is 6. The van der Waals surface area contributed by atoms with Gasteiger partial charge in [-0.2, -0.15) is 24.9 Å². The van der Waals surface area contributed by atoms with Crippen LogP contribution in [0.2, 0.25) is 0 Å². The van der Waals surface area contributed by atoms with E-state index < -0.39 is 35.9 Å². The molecule has 4 heterocycles. The van der Waals surface area contributed by atoms with Gasteiger partial charge in [-0.15, -0.1) is 0 Å². The fourth-order valence-electron chi connectivity index (χ4n) is 8.53. The highest BCUT2D eigenvalue weighted by molar-refractivity contribution is 7.99. The van der Waals surface area contributed by atoms with E-state index in [1.165, 1.54) is 0 Å². The second-order valence-electron chi connectivity index (χ2n) is 15.5. The van der Waals surface area contributed by atoms with Gasteiger partial charge in [0.25, 0.3) is 0 Å². The van der Waals surface area contributed by atoms with E-state index >= 15 is 4.39 Å². The number of pyridine rings is 1. The number of thioether (sulfide) groups is 1. The number of nitrogens with zero attached hydrogens (tertiary/aromatic N) is 5. The van der Waals surface area contributed by atoms with Gasteiger partial charge in [0.1, 0.15) is 0 Å². The number of aliphatic hydroxyl groups is 1. The summed E-state index contributed by atoms with van der Waals surface area (Å²) >= 11 is 1.93. The van der Waals surface area contributed by atoms with E-state index in [1.807, 2.05) is 38.0 Å². The maximum absolute atomic E-state index is 17.3. The summed E-state index contributed by atoms with van der Waals surface area (Å²) in [7, 11) is 0. The zero-order valence-corrected chi connectivity index (χ0v) is 29.8. The van der Waals surface area contributed by atoms with Crippen LogP contribution in [0.15, 0.2) is 36.7 Å². The second kappa shape index (κ2) is 14.1. The third-order valence-electron chi connectivity index (χ3n) is 11.2. The number of aromatic nitrogens is 3. The molecule has 2 aliphatic heterocycles. The van der Waals surface area contributed by atoms with Gasteiger partial charge in [-0.25, -0.2) is 23.1 Å². The summed E-state index contributed by atoms with van der Waals surface area (Å²) in [6, 6.07) is 4.06. The summed E-state index contributed by atoms with van der Waals surface area (Å²) in [5, 5.41) is 11.6. The maximum Gasteiger partial charge on any atom is 0.416 e. The Morgan fingerprint density at radius 3 is 2.10 bits per heavy atom. The molecule has 4 aliphatic rings. The van der Waals surface area contributed by atoms with Gasteiger partial charge in [0.05, 0.1) is 35.4 Å². The highest BCUT2D eigenvalue weighted by atomic mass is 32.2. The zero-order valence-electron chi connectivity index (χ0n) is 29.0. The smallest absolute Gasteiger partial charge is 0.388 e. The zero-order chi connectivity index (χ0) is 36.1. The number of anilines is 2. The molecule has 276 valence electrons. The van der Waals surface area contributed by atoms with Crippen molar-refractivity contribution in [3.8, 4) is 0 Å². The van der Waals surface area contributed by atoms with Crippen molar-refractivity contribution in [1.82, 2.24) is 15.0 Å². The lowest BCUT2D eigenvalue weighted by atomic mass is 9.68. The molecule has 3 fully saturated rings. The van der Waals surface area contributed by atoms with Crippen LogP contribution >= 0.6 is 11.8 Å². The van der Waals surface area contributed by atoms with Crippen LogP contribution in [0, 0.1) is 5.41 Å². The van der Waals surface area contributed by atoms with E-state index in [0.717, 1.165) is 54.5 Å². The largest absolute Gasteiger partial charge is 0.416 e. The van der Waals surface area contributed by atoms with Crippen LogP contribution in [0.25, 0.3) is 0 Å². The van der Waals surface area contributed by atoms with Crippen LogP contribution in [0.4, 0.5) is 38.0 Å². The lowest BCUT2D eigenvalue weighted by Crippen LogP contribution is -2.36. The highest BCUT2D eigenvalue weighted by Gasteiger charge is 2.44. The SMILES string of the molecule is CC1(C)Cc2nc(C3CCN(c4ncc(N5CCSCC5)cn4)CC3)c(C(F)c3ccc(C(F)(F)F)cc3)c(C3CCC(F)(F)CC3)c2[C@@H](O)C1. The molecule has 3 aromatic rings. The molecule has 51 heavy (non-hydrogen) atoms. The van der Waals surface area contributed by atoms with E-state index in [-0.39, 0.29) is 48.1 Å². The van der Waals surface area contributed by atoms with Crippen molar-refractivity contribution in [2.75, 3.05) is 47.5 Å². The van der Waals surface area contributed by atoms with Crippen molar-refractivity contribution in [3.63, 3.8) is 0 Å². The van der Waals surface area contributed by atoms with E-state index in [2.05, 4.69) is 19.8 Å². The van der Waals surface area contributed by atoms with E-state index in [9.17, 15) is 27.1 Å². The van der Waals surface area contributed by atoms with Crippen molar-refractivity contribution >= 4 is 23.4 Å². The Kier molecular flexibility index (Phi) is 10.0. The fourth-order valence-corrected chi connectivity index (χ4v) is 9.43. The lowest BCUT2D eigenvalue weighted by Gasteiger charge is -2.41. The molecular formula is C38H45F6N5OS. The quantitative estimate of drug-likeness (QED) is 0.254. The molecule has 2 saturated heterocycles. The Labute approximate surface area is 299 Å². The number of aliphatic hydroxyl groups excluding tert-OH is 1. The molecule has 2 aromatic heterocycles. The van der Waals surface area contributed by atoms with E-state index in [1.54, 1.807) is 0 Å². The fraction of sp³-hybridized carbons (Fsp3) is 0.605. The Balaban J connectivity index is 1.26. The Hall–Kier alpha value is -3.06. The minimum atomic E-state index is -4.58. The first-order chi connectivity index (χ1) is 24.2. The number of alkyl halides is 6. The number of benzene rings is 1. The van der Waals surface area contributed by atoms with Gasteiger partial charge < -0.3 is 14.9 Å². The van der Waals surface area contributed by atoms with Crippen LogP contribution in [-0.2, 0) is 12.6 Å². The minimum Gasteiger partial charge on any atom is -0.388 e. The van der Waals surface area contributed by atoms with Crippen molar-refractivity contribution < 1.29 is 31.4 Å². The third kappa shape index (κ3) is 7.70. The second-order valence-corrected chi connectivity index (χ2v) is 16.7. The monoisotopic (exact) mass is 733 g/mol. The number of halogens is 6. The van der Waals surface area contributed by atoms with Crippen LogP contribution in [0.3, 0.4) is 0 Å². The molecule has 1 N–H and O–H groups in total. The Morgan fingerprint density at radius 1 is 0.863 bits per heavy atom. The molecule has 13 heteroatoms. The van der Waals surface area contributed by atoms with Crippen LogP contribution < -0.4 is 9.80 Å². The van der Waals surface area contributed by atoms with E-state index in [4.69, 9.17) is 4.98 Å². The van der Waals surface area contributed by atoms with Gasteiger partial charge >= 0.3 is 6.18 Å². The Bertz CT molecular complexity index is 1680. The molecule has 1 saturated carbocycles. The standard InChI is InChI=1S/C38H45F6N5OS/c1-36(2)19-28-31(29(50)20-36)30(23-7-11-37(40,41)12-8-23)32(33(39)24-3-5-26(6-4-24)38(42,43)44)34(47-28)25-9-13-49(14-10-25)35-45-21-27(22-46-35)48-15-17-51-18-16-48/h3-6,21-23,25,29,33,50H,7-20H2,1-2H3/t29-,33?/m0/s1. The molecule has 1 unspecified atom stereocenters. The summed E-state index contributed by atoms with van der Waals surface area (Å²) in [5.74, 6) is -0.718. The van der Waals surface area contributed by atoms with Crippen LogP contribution in [0.1, 0.15) is 122 Å². The summed E-state index contributed by atoms with van der Waals surface area (Å²) in [4.78, 5) is 18.9. The predicted octanol–water partition coefficient (Wildman–Crippen LogP) is 9.19. The minimum absolute atomic E-state index is 0.0391. The first kappa shape index (κ1) is 36.3. The summed E-state index contributed by atoms with van der Waals surface area (Å²) in [6.07, 6.45) is -2.01. The normalized spacial score (nSPS) is 23.6. The van der Waals surface area contributed by atoms with E-state index in [0.29, 0.717) is 67.2 Å². The predicted molar refractivity (Wildman–Crippen MR) is 188 cm³/mol. The average molecular weight is 734 g/mol. The summed E-state index contributed by atoms with van der Waals surface area (Å²) < 4.78 is 86.6. The summed E-state index contributed by atoms with van der Waals surface area (Å²) in [6.45, 7) is 7.16. The molecule has 2 aliphatic carbocycles. The topological polar surface area (TPSA) is 65.4 Å². The Morgan fingerprint density at radius 2 is 1.49 bits per heavy atom. The highest BCUT2D eigenvalue weighted by Crippen LogP contribution is 2.52. The third-order valence-corrected chi connectivity index (χ3v) is 12.2. The molecule has 0 radical (unpaired) electrons.